The number of hydrogen-bond donors (Lipinski definition) is 1. The molecule has 3 heteroatoms. The van der Waals surface area contributed by atoms with Gasteiger partial charge in [-0.25, -0.2) is 4.72 Å². The summed E-state index contributed by atoms with van der Waals surface area (Å²) in [4.78, 5) is 0.266. The van der Waals surface area contributed by atoms with Gasteiger partial charge < -0.3 is 0 Å². The third-order valence-electron chi connectivity index (χ3n) is 0.445. The first-order valence-corrected chi connectivity index (χ1v) is 3.32. The molecule has 0 amide bonds. The van der Waals surface area contributed by atoms with E-state index in [0.29, 0.717) is 0 Å². The molecule has 1 aliphatic heterocycles. The van der Waals surface area contributed by atoms with E-state index in [1.807, 2.05) is 5.41 Å². The van der Waals surface area contributed by atoms with Crippen molar-refractivity contribution in [2.45, 2.75) is 4.95 Å². The number of rotatable bonds is 0. The smallest absolute Gasteiger partial charge is 0.0988 e. The fourth-order valence-corrected chi connectivity index (χ4v) is 1.31. The fourth-order valence-electron chi connectivity index (χ4n) is 0.222. The van der Waals surface area contributed by atoms with Gasteiger partial charge in [0.15, 0.2) is 0 Å². The van der Waals surface area contributed by atoms with Crippen LogP contribution in [0.1, 0.15) is 0 Å². The Morgan fingerprint density at radius 2 is 2.83 bits per heavy atom. The van der Waals surface area contributed by atoms with E-state index in [1.165, 1.54) is 0 Å². The minimum atomic E-state index is 0.266. The Kier molecular flexibility index (Phi) is 1.56. The van der Waals surface area contributed by atoms with Gasteiger partial charge in [-0.15, -0.1) is 0 Å². The van der Waals surface area contributed by atoms with Crippen LogP contribution in [-0.2, 0) is 0 Å². The highest BCUT2D eigenvalue weighted by atomic mass is 79.9. The van der Waals surface area contributed by atoms with Crippen molar-refractivity contribution < 1.29 is 0 Å². The molecule has 0 aromatic rings. The van der Waals surface area contributed by atoms with Crippen LogP contribution in [0.2, 0.25) is 0 Å². The highest BCUT2D eigenvalue weighted by molar-refractivity contribution is 9.09. The summed E-state index contributed by atoms with van der Waals surface area (Å²) in [5.74, 6) is 0. The van der Waals surface area contributed by atoms with E-state index in [2.05, 4.69) is 26.7 Å². The molecule has 33 valence electrons. The first-order valence-electron chi connectivity index (χ1n) is 1.52. The minimum Gasteiger partial charge on any atom is -0.243 e. The molecule has 1 unspecified atom stereocenters. The van der Waals surface area contributed by atoms with Gasteiger partial charge in [-0.2, -0.15) is 0 Å². The average Bonchev–Trinajstić information content (AvgIpc) is 1.86. The van der Waals surface area contributed by atoms with Gasteiger partial charge in [-0.3, -0.25) is 0 Å². The molecule has 0 aliphatic carbocycles. The van der Waals surface area contributed by atoms with Crippen LogP contribution in [0.3, 0.4) is 0 Å². The molecular weight excluding hydrogens is 162 g/mol. The SMILES string of the molecule is BrC1[C]=CSN1. The summed E-state index contributed by atoms with van der Waals surface area (Å²) in [6, 6.07) is 0. The summed E-state index contributed by atoms with van der Waals surface area (Å²) in [6.07, 6.45) is 2.96. The number of nitrogens with one attached hydrogen (secondary N) is 1. The van der Waals surface area contributed by atoms with E-state index >= 15 is 0 Å². The lowest BCUT2D eigenvalue weighted by molar-refractivity contribution is 1.07. The summed E-state index contributed by atoms with van der Waals surface area (Å²) < 4.78 is 2.99. The van der Waals surface area contributed by atoms with Crippen molar-refractivity contribution in [2.24, 2.45) is 0 Å². The highest BCUT2D eigenvalue weighted by Gasteiger charge is 2.00. The molecule has 0 aromatic carbocycles. The van der Waals surface area contributed by atoms with E-state index in [9.17, 15) is 0 Å². The first-order chi connectivity index (χ1) is 2.89. The summed E-state index contributed by atoms with van der Waals surface area (Å²) in [6.45, 7) is 0. The maximum absolute atomic E-state index is 3.26. The van der Waals surface area contributed by atoms with Gasteiger partial charge in [0.05, 0.1) is 4.95 Å². The van der Waals surface area contributed by atoms with Crippen LogP contribution < -0.4 is 4.72 Å². The maximum atomic E-state index is 3.26. The second-order valence-electron chi connectivity index (χ2n) is 0.883. The van der Waals surface area contributed by atoms with Gasteiger partial charge in [0.1, 0.15) is 0 Å². The molecule has 0 aromatic heterocycles. The number of hydrogen-bond acceptors (Lipinski definition) is 2. The standard InChI is InChI=1S/C3H3BrNS/c4-3-1-2-6-5-3/h2-3,5H. The summed E-state index contributed by atoms with van der Waals surface area (Å²) in [5, 5.41) is 1.89. The zero-order valence-corrected chi connectivity index (χ0v) is 5.34. The van der Waals surface area contributed by atoms with Crippen LogP contribution in [0.4, 0.5) is 0 Å². The first kappa shape index (κ1) is 4.68. The predicted octanol–water partition coefficient (Wildman–Crippen LogP) is 1.28. The maximum Gasteiger partial charge on any atom is 0.0988 e. The van der Waals surface area contributed by atoms with Crippen molar-refractivity contribution in [3.05, 3.63) is 11.5 Å². The molecule has 1 heterocycles. The highest BCUT2D eigenvalue weighted by Crippen LogP contribution is 2.11. The van der Waals surface area contributed by atoms with Gasteiger partial charge >= 0.3 is 0 Å². The molecule has 6 heavy (non-hydrogen) atoms. The van der Waals surface area contributed by atoms with Gasteiger partial charge in [-0.05, 0) is 11.5 Å². The molecule has 1 aliphatic rings. The molecule has 0 spiro atoms. The molecule has 1 rings (SSSR count). The number of alkyl halides is 1. The Bertz CT molecular complexity index is 73.2. The van der Waals surface area contributed by atoms with Crippen molar-refractivity contribution in [2.75, 3.05) is 0 Å². The van der Waals surface area contributed by atoms with Gasteiger partial charge in [0.25, 0.3) is 0 Å². The topological polar surface area (TPSA) is 12.0 Å². The van der Waals surface area contributed by atoms with Crippen LogP contribution in [0.25, 0.3) is 0 Å². The van der Waals surface area contributed by atoms with Crippen LogP contribution in [-0.4, -0.2) is 4.95 Å². The second kappa shape index (κ2) is 2.00. The van der Waals surface area contributed by atoms with Crippen molar-refractivity contribution in [1.29, 1.82) is 0 Å². The van der Waals surface area contributed by atoms with Gasteiger partial charge in [-0.1, -0.05) is 27.9 Å². The Morgan fingerprint density at radius 3 is 3.00 bits per heavy atom. The summed E-state index contributed by atoms with van der Waals surface area (Å²) >= 11 is 4.81. The third-order valence-corrected chi connectivity index (χ3v) is 1.87. The average molecular weight is 165 g/mol. The lowest BCUT2D eigenvalue weighted by atomic mass is 10.7. The normalized spacial score (nSPS) is 31.8. The predicted molar refractivity (Wildman–Crippen MR) is 31.3 cm³/mol. The third kappa shape index (κ3) is 0.996. The van der Waals surface area contributed by atoms with E-state index in [1.54, 1.807) is 11.9 Å². The van der Waals surface area contributed by atoms with Crippen LogP contribution in [0, 0.1) is 6.08 Å². The van der Waals surface area contributed by atoms with E-state index in [4.69, 9.17) is 0 Å². The van der Waals surface area contributed by atoms with Crippen molar-refractivity contribution in [3.8, 4) is 0 Å². The van der Waals surface area contributed by atoms with Crippen molar-refractivity contribution in [3.63, 3.8) is 0 Å². The largest absolute Gasteiger partial charge is 0.243 e. The molecule has 0 saturated carbocycles. The van der Waals surface area contributed by atoms with E-state index < -0.39 is 0 Å². The number of halogens is 1. The summed E-state index contributed by atoms with van der Waals surface area (Å²) in [7, 11) is 0. The Hall–Kier alpha value is 0.530. The zero-order valence-electron chi connectivity index (χ0n) is 2.94. The lowest BCUT2D eigenvalue weighted by Crippen LogP contribution is -2.05. The minimum absolute atomic E-state index is 0.266. The monoisotopic (exact) mass is 164 g/mol. The van der Waals surface area contributed by atoms with E-state index in [0.717, 1.165) is 0 Å². The van der Waals surface area contributed by atoms with Crippen LogP contribution >= 0.6 is 27.9 Å². The lowest BCUT2D eigenvalue weighted by Gasteiger charge is -1.89. The van der Waals surface area contributed by atoms with E-state index in [-0.39, 0.29) is 4.95 Å². The van der Waals surface area contributed by atoms with Crippen molar-refractivity contribution >= 4 is 27.9 Å². The quantitative estimate of drug-likeness (QED) is 0.329. The molecule has 1 N–H and O–H groups in total. The molecular formula is C3H3BrNS. The Morgan fingerprint density at radius 1 is 2.00 bits per heavy atom. The Labute approximate surface area is 49.4 Å². The molecule has 0 bridgehead atoms. The second-order valence-corrected chi connectivity index (χ2v) is 2.51. The fraction of sp³-hybridized carbons (Fsp3) is 0.333. The van der Waals surface area contributed by atoms with Gasteiger partial charge in [0.2, 0.25) is 0 Å². The zero-order chi connectivity index (χ0) is 4.41. The molecule has 1 atom stereocenters. The molecule has 1 nitrogen and oxygen atoms in total. The van der Waals surface area contributed by atoms with Crippen molar-refractivity contribution in [1.82, 2.24) is 4.72 Å². The molecule has 0 fully saturated rings. The Balaban J connectivity index is 2.38. The molecule has 1 radical (unpaired) electrons. The summed E-state index contributed by atoms with van der Waals surface area (Å²) in [5.41, 5.74) is 0. The van der Waals surface area contributed by atoms with Crippen LogP contribution in [0.15, 0.2) is 5.41 Å². The van der Waals surface area contributed by atoms with Crippen LogP contribution in [0.5, 0.6) is 0 Å². The van der Waals surface area contributed by atoms with Gasteiger partial charge in [0, 0.05) is 0 Å². The molecule has 0 saturated heterocycles.